The Kier molecular flexibility index (Phi) is 7.09. The van der Waals surface area contributed by atoms with Crippen LogP contribution in [0.2, 0.25) is 0 Å². The molecule has 5 atom stereocenters. The molecule has 4 aliphatic rings. The average Bonchev–Trinajstić information content (AvgIpc) is 3.26. The molecule has 40 heavy (non-hydrogen) atoms. The van der Waals surface area contributed by atoms with Gasteiger partial charge in [-0.25, -0.2) is 0 Å². The van der Waals surface area contributed by atoms with Gasteiger partial charge in [-0.2, -0.15) is 0 Å². The molecule has 1 spiro atoms. The fourth-order valence-corrected chi connectivity index (χ4v) is 9.06. The summed E-state index contributed by atoms with van der Waals surface area (Å²) < 4.78 is -0.861. The summed E-state index contributed by atoms with van der Waals surface area (Å²) >= 11 is 1.59. The molecule has 0 aliphatic carbocycles. The Hall–Kier alpha value is -3.36. The zero-order valence-electron chi connectivity index (χ0n) is 22.9. The molecule has 2 saturated heterocycles. The lowest BCUT2D eigenvalue weighted by Gasteiger charge is -2.36. The molecule has 208 valence electrons. The first-order valence-corrected chi connectivity index (χ1v) is 14.9. The summed E-state index contributed by atoms with van der Waals surface area (Å²) in [6.45, 7) is 5.55. The van der Waals surface area contributed by atoms with E-state index in [2.05, 4.69) is 6.08 Å². The van der Waals surface area contributed by atoms with E-state index in [1.807, 2.05) is 85.5 Å². The first-order chi connectivity index (χ1) is 19.4. The van der Waals surface area contributed by atoms with Crippen LogP contribution in [-0.4, -0.2) is 74.9 Å². The Morgan fingerprint density at radius 3 is 2.40 bits per heavy atom. The van der Waals surface area contributed by atoms with Crippen molar-refractivity contribution in [2.75, 3.05) is 31.1 Å². The number of carbonyl (C=O) groups excluding carboxylic acids is 3. The van der Waals surface area contributed by atoms with Crippen molar-refractivity contribution >= 4 is 35.2 Å². The number of likely N-dealkylation sites (tertiary alicyclic amines) is 1. The third-order valence-electron chi connectivity index (χ3n) is 8.72. The number of aliphatic hydroxyl groups is 1. The van der Waals surface area contributed by atoms with Gasteiger partial charge in [-0.1, -0.05) is 72.8 Å². The fraction of sp³-hybridized carbons (Fsp3) is 0.406. The summed E-state index contributed by atoms with van der Waals surface area (Å²) in [5, 5.41) is 9.45. The minimum Gasteiger partial charge on any atom is -0.396 e. The summed E-state index contributed by atoms with van der Waals surface area (Å²) in [5.41, 5.74) is 3.91. The molecule has 6 rings (SSSR count). The second kappa shape index (κ2) is 10.6. The molecule has 0 radical (unpaired) electrons. The van der Waals surface area contributed by atoms with Crippen LogP contribution in [0.25, 0.3) is 0 Å². The molecule has 4 aliphatic heterocycles. The van der Waals surface area contributed by atoms with Crippen molar-refractivity contribution in [1.29, 1.82) is 0 Å². The Bertz CT molecular complexity index is 1370. The standard InChI is InChI=1S/C32H35N3O4S/c1-21-10-6-11-22(2)27(21)34-17-8-15-32-26(30(38)35(18-9-19-36)28(32)31(34)39)25-24(40-32)14-7-16-33(29(25)37)20-23-12-4-3-5-13-23/h3-8,10-15,24-26,28,36H,9,16-20H2,1-2H3/t24-,25+,26+,28?,32+/m1/s1. The van der Waals surface area contributed by atoms with Gasteiger partial charge < -0.3 is 19.8 Å². The topological polar surface area (TPSA) is 81.2 Å². The molecule has 1 N–H and O–H groups in total. The minimum absolute atomic E-state index is 0.0407. The van der Waals surface area contributed by atoms with Crippen molar-refractivity contribution < 1.29 is 19.5 Å². The van der Waals surface area contributed by atoms with Gasteiger partial charge in [0.15, 0.2) is 0 Å². The largest absolute Gasteiger partial charge is 0.396 e. The Balaban J connectivity index is 1.41. The van der Waals surface area contributed by atoms with Gasteiger partial charge in [0.05, 0.1) is 16.6 Å². The number of anilines is 1. The minimum atomic E-state index is -0.861. The maximum atomic E-state index is 14.6. The van der Waals surface area contributed by atoms with E-state index < -0.39 is 22.6 Å². The van der Waals surface area contributed by atoms with Gasteiger partial charge >= 0.3 is 0 Å². The number of rotatable bonds is 6. The van der Waals surface area contributed by atoms with Crippen LogP contribution in [0.15, 0.2) is 72.8 Å². The van der Waals surface area contributed by atoms with E-state index in [1.165, 1.54) is 0 Å². The first kappa shape index (κ1) is 26.8. The molecular formula is C32H35N3O4S. The number of hydrogen-bond donors (Lipinski definition) is 1. The summed E-state index contributed by atoms with van der Waals surface area (Å²) in [6.07, 6.45) is 8.53. The summed E-state index contributed by atoms with van der Waals surface area (Å²) in [4.78, 5) is 48.3. The van der Waals surface area contributed by atoms with E-state index in [4.69, 9.17) is 0 Å². The van der Waals surface area contributed by atoms with Crippen molar-refractivity contribution in [3.05, 3.63) is 89.5 Å². The zero-order valence-corrected chi connectivity index (χ0v) is 23.7. The molecule has 1 unspecified atom stereocenters. The number of nitrogens with zero attached hydrogens (tertiary/aromatic N) is 3. The normalized spacial score (nSPS) is 29.4. The smallest absolute Gasteiger partial charge is 0.251 e. The van der Waals surface area contributed by atoms with Gasteiger partial charge in [0.2, 0.25) is 11.8 Å². The first-order valence-electron chi connectivity index (χ1n) is 14.0. The van der Waals surface area contributed by atoms with E-state index >= 15 is 0 Å². The van der Waals surface area contributed by atoms with Crippen LogP contribution in [0, 0.1) is 25.7 Å². The average molecular weight is 558 g/mol. The van der Waals surface area contributed by atoms with E-state index in [1.54, 1.807) is 21.6 Å². The van der Waals surface area contributed by atoms with E-state index in [-0.39, 0.29) is 36.1 Å². The summed E-state index contributed by atoms with van der Waals surface area (Å²) in [5.74, 6) is -1.55. The van der Waals surface area contributed by atoms with Crippen LogP contribution in [-0.2, 0) is 20.9 Å². The highest BCUT2D eigenvalue weighted by Crippen LogP contribution is 2.61. The summed E-state index contributed by atoms with van der Waals surface area (Å²) in [7, 11) is 0. The molecule has 4 heterocycles. The molecule has 2 fully saturated rings. The van der Waals surface area contributed by atoms with E-state index in [0.717, 1.165) is 22.4 Å². The maximum absolute atomic E-state index is 14.6. The molecule has 8 heteroatoms. The Labute approximate surface area is 239 Å². The summed E-state index contributed by atoms with van der Waals surface area (Å²) in [6, 6.07) is 15.1. The van der Waals surface area contributed by atoms with Gasteiger partial charge in [-0.15, -0.1) is 11.8 Å². The molecule has 0 aromatic heterocycles. The third kappa shape index (κ3) is 4.20. The van der Waals surface area contributed by atoms with Crippen molar-refractivity contribution in [3.63, 3.8) is 0 Å². The molecular weight excluding hydrogens is 522 g/mol. The van der Waals surface area contributed by atoms with Crippen molar-refractivity contribution in [2.45, 2.75) is 42.9 Å². The van der Waals surface area contributed by atoms with Crippen LogP contribution in [0.5, 0.6) is 0 Å². The van der Waals surface area contributed by atoms with Crippen LogP contribution in [0.4, 0.5) is 5.69 Å². The lowest BCUT2D eigenvalue weighted by Crippen LogP contribution is -2.53. The predicted octanol–water partition coefficient (Wildman–Crippen LogP) is 3.48. The number of benzene rings is 2. The maximum Gasteiger partial charge on any atom is 0.251 e. The van der Waals surface area contributed by atoms with Gasteiger partial charge in [0.1, 0.15) is 6.04 Å². The van der Waals surface area contributed by atoms with Crippen molar-refractivity contribution in [1.82, 2.24) is 9.80 Å². The second-order valence-electron chi connectivity index (χ2n) is 11.2. The predicted molar refractivity (Wildman–Crippen MR) is 157 cm³/mol. The second-order valence-corrected chi connectivity index (χ2v) is 12.7. The van der Waals surface area contributed by atoms with Gasteiger partial charge in [0.25, 0.3) is 5.91 Å². The molecule has 3 amide bonds. The highest BCUT2D eigenvalue weighted by atomic mass is 32.2. The van der Waals surface area contributed by atoms with Gasteiger partial charge in [-0.05, 0) is 37.0 Å². The number of hydrogen-bond acceptors (Lipinski definition) is 5. The Morgan fingerprint density at radius 2 is 1.68 bits per heavy atom. The zero-order chi connectivity index (χ0) is 28.0. The lowest BCUT2D eigenvalue weighted by molar-refractivity contribution is -0.143. The lowest BCUT2D eigenvalue weighted by atomic mass is 9.78. The molecule has 0 bridgehead atoms. The van der Waals surface area contributed by atoms with E-state index in [9.17, 15) is 19.5 Å². The molecule has 2 aromatic rings. The van der Waals surface area contributed by atoms with Gasteiger partial charge in [0, 0.05) is 43.7 Å². The van der Waals surface area contributed by atoms with Crippen molar-refractivity contribution in [3.8, 4) is 0 Å². The number of carbonyl (C=O) groups is 3. The van der Waals surface area contributed by atoms with E-state index in [0.29, 0.717) is 26.1 Å². The number of para-hydroxylation sites is 1. The van der Waals surface area contributed by atoms with Crippen LogP contribution in [0.3, 0.4) is 0 Å². The third-order valence-corrected chi connectivity index (χ3v) is 10.5. The van der Waals surface area contributed by atoms with Crippen LogP contribution >= 0.6 is 11.8 Å². The number of aryl methyl sites for hydroxylation is 2. The number of aliphatic hydroxyl groups excluding tert-OH is 1. The molecule has 7 nitrogen and oxygen atoms in total. The molecule has 2 aromatic carbocycles. The van der Waals surface area contributed by atoms with Crippen molar-refractivity contribution in [2.24, 2.45) is 11.8 Å². The number of thioether (sulfide) groups is 1. The molecule has 0 saturated carbocycles. The monoisotopic (exact) mass is 557 g/mol. The van der Waals surface area contributed by atoms with Gasteiger partial charge in [-0.3, -0.25) is 14.4 Å². The highest BCUT2D eigenvalue weighted by molar-refractivity contribution is 8.02. The fourth-order valence-electron chi connectivity index (χ4n) is 7.05. The van der Waals surface area contributed by atoms with Crippen LogP contribution < -0.4 is 4.90 Å². The highest BCUT2D eigenvalue weighted by Gasteiger charge is 2.71. The quantitative estimate of drug-likeness (QED) is 0.550. The van der Waals surface area contributed by atoms with Crippen LogP contribution in [0.1, 0.15) is 23.1 Å². The Morgan fingerprint density at radius 1 is 0.925 bits per heavy atom. The number of fused-ring (bicyclic) bond motifs is 2. The number of amides is 3. The SMILES string of the molecule is Cc1cccc(C)c1N1CC=C[C@]23S[C@@H]4C=CCN(Cc5ccccc5)C(=O)[C@@H]4[C@H]2C(=O)N(CCCO)C3C1=O.